The molecule has 0 saturated heterocycles. The Labute approximate surface area is 206 Å². The summed E-state index contributed by atoms with van der Waals surface area (Å²) in [5.41, 5.74) is 3.74. The second-order valence-corrected chi connectivity index (χ2v) is 7.60. The van der Waals surface area contributed by atoms with E-state index in [1.54, 1.807) is 43.3 Å². The number of rotatable bonds is 9. The van der Waals surface area contributed by atoms with Crippen molar-refractivity contribution in [2.24, 2.45) is 21.2 Å². The normalized spacial score (nSPS) is 13.8. The number of carbonyl (C=O) groups excluding carboxylic acids is 1. The van der Waals surface area contributed by atoms with Crippen LogP contribution in [0.25, 0.3) is 0 Å². The number of benzene rings is 2. The summed E-state index contributed by atoms with van der Waals surface area (Å²) in [5.74, 6) is 2.78. The van der Waals surface area contributed by atoms with Gasteiger partial charge in [-0.25, -0.2) is 4.99 Å². The fourth-order valence-electron chi connectivity index (χ4n) is 3.23. The highest BCUT2D eigenvalue weighted by Gasteiger charge is 2.38. The van der Waals surface area contributed by atoms with Crippen molar-refractivity contribution >= 4 is 23.2 Å². The average molecular weight is 508 g/mol. The summed E-state index contributed by atoms with van der Waals surface area (Å²) in [5, 5.41) is 10.5. The lowest BCUT2D eigenvalue weighted by atomic mass is 9.98. The van der Waals surface area contributed by atoms with Crippen molar-refractivity contribution in [2.75, 3.05) is 14.2 Å². The molecule has 12 heteroatoms. The van der Waals surface area contributed by atoms with Gasteiger partial charge in [0.1, 0.15) is 13.7 Å². The number of alkyl halides is 3. The third-order valence-electron chi connectivity index (χ3n) is 5.15. The zero-order valence-corrected chi connectivity index (χ0v) is 20.5. The number of aliphatic imine (C=N–C) groups is 1. The summed E-state index contributed by atoms with van der Waals surface area (Å²) < 4.78 is 38.7. The zero-order chi connectivity index (χ0) is 26.9. The number of carbonyl (C=O) groups is 1. The molecule has 0 aromatic heterocycles. The van der Waals surface area contributed by atoms with Crippen molar-refractivity contribution in [1.82, 2.24) is 5.32 Å². The SMILES string of the molecule is CNC(=O)/C(=N/OC)c1cccc(C)c1CO/N=C(\C)c1cccc(C(C)N=C(ON)C(F)(F)F)c1. The molecule has 1 atom stereocenters. The number of nitrogens with one attached hydrogen (secondary N) is 1. The zero-order valence-electron chi connectivity index (χ0n) is 20.5. The molecule has 3 N–H and O–H groups in total. The van der Waals surface area contributed by atoms with Crippen LogP contribution in [0.4, 0.5) is 13.2 Å². The minimum absolute atomic E-state index is 0.0300. The van der Waals surface area contributed by atoms with E-state index in [1.807, 2.05) is 13.0 Å². The molecular weight excluding hydrogens is 479 g/mol. The molecule has 9 nitrogen and oxygen atoms in total. The Bertz CT molecular complexity index is 1160. The highest BCUT2D eigenvalue weighted by atomic mass is 19.4. The Kier molecular flexibility index (Phi) is 9.97. The molecule has 0 radical (unpaired) electrons. The Morgan fingerprint density at radius 2 is 1.86 bits per heavy atom. The van der Waals surface area contributed by atoms with Gasteiger partial charge in [0.2, 0.25) is 0 Å². The van der Waals surface area contributed by atoms with Gasteiger partial charge in [0.15, 0.2) is 5.71 Å². The quantitative estimate of drug-likeness (QED) is 0.303. The summed E-state index contributed by atoms with van der Waals surface area (Å²) >= 11 is 0. The molecule has 0 bridgehead atoms. The molecule has 0 aliphatic carbocycles. The highest BCUT2D eigenvalue weighted by Crippen LogP contribution is 2.24. The summed E-state index contributed by atoms with van der Waals surface area (Å²) in [6.45, 7) is 5.07. The number of hydrogen-bond donors (Lipinski definition) is 2. The second-order valence-electron chi connectivity index (χ2n) is 7.60. The Morgan fingerprint density at radius 1 is 1.17 bits per heavy atom. The Balaban J connectivity index is 2.27. The van der Waals surface area contributed by atoms with Crippen LogP contribution in [0.3, 0.4) is 0 Å². The molecule has 0 saturated carbocycles. The number of hydrogen-bond acceptors (Lipinski definition) is 8. The van der Waals surface area contributed by atoms with Crippen LogP contribution < -0.4 is 11.2 Å². The molecule has 1 amide bonds. The minimum Gasteiger partial charge on any atom is -0.398 e. The molecule has 0 heterocycles. The van der Waals surface area contributed by atoms with Gasteiger partial charge in [-0.2, -0.15) is 19.1 Å². The monoisotopic (exact) mass is 507 g/mol. The lowest BCUT2D eigenvalue weighted by molar-refractivity contribution is -0.114. The lowest BCUT2D eigenvalue weighted by Crippen LogP contribution is -2.29. The first-order valence-corrected chi connectivity index (χ1v) is 10.7. The summed E-state index contributed by atoms with van der Waals surface area (Å²) in [7, 11) is 2.83. The number of nitrogens with two attached hydrogens (primary N) is 1. The number of amides is 1. The van der Waals surface area contributed by atoms with Gasteiger partial charge in [0.05, 0.1) is 11.8 Å². The van der Waals surface area contributed by atoms with E-state index in [-0.39, 0.29) is 12.3 Å². The van der Waals surface area contributed by atoms with Crippen molar-refractivity contribution < 1.29 is 32.5 Å². The van der Waals surface area contributed by atoms with Crippen molar-refractivity contribution in [3.05, 3.63) is 70.3 Å². The van der Waals surface area contributed by atoms with Crippen LogP contribution in [0, 0.1) is 6.92 Å². The van der Waals surface area contributed by atoms with Crippen molar-refractivity contribution in [3.8, 4) is 0 Å². The van der Waals surface area contributed by atoms with E-state index in [9.17, 15) is 18.0 Å². The van der Waals surface area contributed by atoms with Gasteiger partial charge < -0.3 is 19.8 Å². The maximum Gasteiger partial charge on any atom is 0.470 e. The molecule has 2 rings (SSSR count). The topological polar surface area (TPSA) is 120 Å². The smallest absolute Gasteiger partial charge is 0.398 e. The van der Waals surface area contributed by atoms with Crippen LogP contribution in [0.2, 0.25) is 0 Å². The first-order valence-electron chi connectivity index (χ1n) is 10.7. The Hall–Kier alpha value is -3.93. The van der Waals surface area contributed by atoms with E-state index in [2.05, 4.69) is 25.5 Å². The van der Waals surface area contributed by atoms with Gasteiger partial charge in [0, 0.05) is 18.2 Å². The van der Waals surface area contributed by atoms with E-state index >= 15 is 0 Å². The van der Waals surface area contributed by atoms with E-state index in [0.29, 0.717) is 28.0 Å². The summed E-state index contributed by atoms with van der Waals surface area (Å²) in [6, 6.07) is 11.2. The number of likely N-dealkylation sites (N-methyl/N-ethyl adjacent to an activating group) is 1. The van der Waals surface area contributed by atoms with E-state index in [4.69, 9.17) is 15.6 Å². The fraction of sp³-hybridized carbons (Fsp3) is 0.333. The maximum absolute atomic E-state index is 12.9. The number of nitrogens with zero attached hydrogens (tertiary/aromatic N) is 3. The molecule has 2 aromatic carbocycles. The molecular formula is C24H28F3N5O4. The third-order valence-corrected chi connectivity index (χ3v) is 5.15. The van der Waals surface area contributed by atoms with Crippen LogP contribution in [0.15, 0.2) is 57.8 Å². The molecule has 0 fully saturated rings. The van der Waals surface area contributed by atoms with Crippen molar-refractivity contribution in [3.63, 3.8) is 0 Å². The first-order chi connectivity index (χ1) is 17.0. The van der Waals surface area contributed by atoms with Gasteiger partial charge >= 0.3 is 12.1 Å². The van der Waals surface area contributed by atoms with Crippen LogP contribution in [0.5, 0.6) is 0 Å². The van der Waals surface area contributed by atoms with E-state index in [1.165, 1.54) is 21.1 Å². The van der Waals surface area contributed by atoms with E-state index < -0.39 is 24.0 Å². The third kappa shape index (κ3) is 7.28. The highest BCUT2D eigenvalue weighted by molar-refractivity contribution is 6.45. The van der Waals surface area contributed by atoms with E-state index in [0.717, 1.165) is 5.56 Å². The van der Waals surface area contributed by atoms with Crippen LogP contribution in [-0.4, -0.2) is 43.6 Å². The summed E-state index contributed by atoms with van der Waals surface area (Å²) in [4.78, 5) is 30.1. The predicted molar refractivity (Wildman–Crippen MR) is 129 cm³/mol. The first kappa shape index (κ1) is 28.3. The molecule has 0 aliphatic rings. The standard InChI is InChI=1S/C24H28F3N5O4/c1-14-8-6-11-19(21(32-34-5)22(33)29-4)20(14)13-35-31-16(3)18-10-7-9-17(12-18)15(2)30-23(36-28)24(25,26)27/h6-12,15H,13,28H2,1-5H3,(H,29,33)/b30-23?,31-16+,32-21+. The molecule has 194 valence electrons. The number of aryl methyl sites for hydroxylation is 1. The lowest BCUT2D eigenvalue weighted by Gasteiger charge is -2.14. The van der Waals surface area contributed by atoms with Crippen molar-refractivity contribution in [2.45, 2.75) is 39.6 Å². The maximum atomic E-state index is 12.9. The van der Waals surface area contributed by atoms with Crippen LogP contribution >= 0.6 is 0 Å². The molecule has 0 spiro atoms. The number of halogens is 3. The molecule has 0 aliphatic heterocycles. The molecule has 1 unspecified atom stereocenters. The van der Waals surface area contributed by atoms with Crippen LogP contribution in [0.1, 0.15) is 47.7 Å². The van der Waals surface area contributed by atoms with Gasteiger partial charge in [-0.05, 0) is 43.5 Å². The minimum atomic E-state index is -4.80. The predicted octanol–water partition coefficient (Wildman–Crippen LogP) is 3.94. The average Bonchev–Trinajstić information content (AvgIpc) is 2.85. The fourth-order valence-corrected chi connectivity index (χ4v) is 3.23. The molecule has 2 aromatic rings. The van der Waals surface area contributed by atoms with Gasteiger partial charge in [-0.3, -0.25) is 4.79 Å². The van der Waals surface area contributed by atoms with Crippen molar-refractivity contribution in [1.29, 1.82) is 0 Å². The van der Waals surface area contributed by atoms with Gasteiger partial charge in [-0.15, -0.1) is 0 Å². The second kappa shape index (κ2) is 12.7. The molecule has 36 heavy (non-hydrogen) atoms. The van der Waals surface area contributed by atoms with Crippen LogP contribution in [-0.2, 0) is 25.9 Å². The largest absolute Gasteiger partial charge is 0.470 e. The summed E-state index contributed by atoms with van der Waals surface area (Å²) in [6.07, 6.45) is -4.80. The number of oxime groups is 2. The Morgan fingerprint density at radius 3 is 2.47 bits per heavy atom. The van der Waals surface area contributed by atoms with Gasteiger partial charge in [-0.1, -0.05) is 46.7 Å². The van der Waals surface area contributed by atoms with Gasteiger partial charge in [0.25, 0.3) is 5.91 Å².